The Bertz CT molecular complexity index is 774. The number of aryl methyl sites for hydroxylation is 1. The van der Waals surface area contributed by atoms with Crippen molar-refractivity contribution in [2.24, 2.45) is 0 Å². The third kappa shape index (κ3) is 6.84. The summed E-state index contributed by atoms with van der Waals surface area (Å²) >= 11 is 0. The minimum atomic E-state index is -3.48. The van der Waals surface area contributed by atoms with Crippen molar-refractivity contribution in [1.82, 2.24) is 5.32 Å². The van der Waals surface area contributed by atoms with Gasteiger partial charge in [-0.1, -0.05) is 30.3 Å². The standard InChI is InChI=1S/C18H22N2O4S/c1-24-17-10-7-15(8-11-17)9-12-18(21)19-13-14-25(22,23)20-16-5-3-2-4-6-16/h2-8,10-11,20H,9,12-14H2,1H3,(H,19,21). The van der Waals surface area contributed by atoms with Crippen LogP contribution in [0.1, 0.15) is 12.0 Å². The first-order valence-corrected chi connectivity index (χ1v) is 9.59. The Balaban J connectivity index is 1.70. The van der Waals surface area contributed by atoms with E-state index in [0.29, 0.717) is 18.5 Å². The molecule has 0 bridgehead atoms. The van der Waals surface area contributed by atoms with E-state index < -0.39 is 10.0 Å². The number of benzene rings is 2. The summed E-state index contributed by atoms with van der Waals surface area (Å²) in [5.74, 6) is 0.422. The third-order valence-electron chi connectivity index (χ3n) is 3.54. The van der Waals surface area contributed by atoms with Gasteiger partial charge in [0.1, 0.15) is 5.75 Å². The van der Waals surface area contributed by atoms with E-state index in [-0.39, 0.29) is 18.2 Å². The van der Waals surface area contributed by atoms with E-state index >= 15 is 0 Å². The SMILES string of the molecule is COc1ccc(CCC(=O)NCCS(=O)(=O)Nc2ccccc2)cc1. The fraction of sp³-hybridized carbons (Fsp3) is 0.278. The first-order valence-electron chi connectivity index (χ1n) is 7.94. The van der Waals surface area contributed by atoms with Crippen LogP contribution >= 0.6 is 0 Å². The maximum atomic E-state index is 11.9. The van der Waals surface area contributed by atoms with E-state index in [9.17, 15) is 13.2 Å². The number of hydrogen-bond donors (Lipinski definition) is 2. The molecule has 2 N–H and O–H groups in total. The molecule has 0 saturated carbocycles. The number of carbonyl (C=O) groups is 1. The Kier molecular flexibility index (Phi) is 6.82. The highest BCUT2D eigenvalue weighted by atomic mass is 32.2. The van der Waals surface area contributed by atoms with Gasteiger partial charge in [-0.3, -0.25) is 9.52 Å². The molecule has 25 heavy (non-hydrogen) atoms. The van der Waals surface area contributed by atoms with Crippen LogP contribution in [0.3, 0.4) is 0 Å². The van der Waals surface area contributed by atoms with Crippen molar-refractivity contribution in [2.75, 3.05) is 24.1 Å². The second-order valence-electron chi connectivity index (χ2n) is 5.48. The van der Waals surface area contributed by atoms with Crippen LogP contribution in [0.25, 0.3) is 0 Å². The Hall–Kier alpha value is -2.54. The molecular weight excluding hydrogens is 340 g/mol. The van der Waals surface area contributed by atoms with Crippen molar-refractivity contribution in [1.29, 1.82) is 0 Å². The third-order valence-corrected chi connectivity index (χ3v) is 4.83. The number of methoxy groups -OCH3 is 1. The summed E-state index contributed by atoms with van der Waals surface area (Å²) in [6.45, 7) is 0.0730. The summed E-state index contributed by atoms with van der Waals surface area (Å²) < 4.78 is 31.4. The van der Waals surface area contributed by atoms with Crippen LogP contribution in [0.15, 0.2) is 54.6 Å². The van der Waals surface area contributed by atoms with Crippen molar-refractivity contribution >= 4 is 21.6 Å². The molecule has 7 heteroatoms. The molecule has 0 spiro atoms. The summed E-state index contributed by atoms with van der Waals surface area (Å²) in [5.41, 5.74) is 1.53. The van der Waals surface area contributed by atoms with Gasteiger partial charge in [-0.2, -0.15) is 0 Å². The molecule has 0 aliphatic heterocycles. The van der Waals surface area contributed by atoms with Gasteiger partial charge in [0, 0.05) is 18.7 Å². The Labute approximate surface area is 148 Å². The van der Waals surface area contributed by atoms with Gasteiger partial charge in [0.25, 0.3) is 0 Å². The summed E-state index contributed by atoms with van der Waals surface area (Å²) in [7, 11) is -1.88. The van der Waals surface area contributed by atoms with Gasteiger partial charge in [-0.05, 0) is 36.2 Å². The summed E-state index contributed by atoms with van der Waals surface area (Å²) in [4.78, 5) is 11.8. The molecule has 2 rings (SSSR count). The Morgan fingerprint density at radius 1 is 1.04 bits per heavy atom. The Morgan fingerprint density at radius 2 is 1.72 bits per heavy atom. The van der Waals surface area contributed by atoms with Gasteiger partial charge in [-0.25, -0.2) is 8.42 Å². The molecule has 0 saturated heterocycles. The summed E-state index contributed by atoms with van der Waals surface area (Å²) in [6, 6.07) is 16.1. The Morgan fingerprint density at radius 3 is 2.36 bits per heavy atom. The minimum Gasteiger partial charge on any atom is -0.497 e. The number of carbonyl (C=O) groups excluding carboxylic acids is 1. The molecule has 0 aliphatic rings. The quantitative estimate of drug-likeness (QED) is 0.716. The van der Waals surface area contributed by atoms with Crippen molar-refractivity contribution in [2.45, 2.75) is 12.8 Å². The lowest BCUT2D eigenvalue weighted by Gasteiger charge is -2.09. The van der Waals surface area contributed by atoms with Gasteiger partial charge in [0.05, 0.1) is 12.9 Å². The molecule has 0 heterocycles. The second-order valence-corrected chi connectivity index (χ2v) is 7.33. The lowest BCUT2D eigenvalue weighted by atomic mass is 10.1. The second kappa shape index (κ2) is 9.08. The van der Waals surface area contributed by atoms with Crippen molar-refractivity contribution in [3.05, 3.63) is 60.2 Å². The molecule has 0 fully saturated rings. The fourth-order valence-electron chi connectivity index (χ4n) is 2.20. The maximum Gasteiger partial charge on any atom is 0.234 e. The van der Waals surface area contributed by atoms with E-state index in [4.69, 9.17) is 4.74 Å². The lowest BCUT2D eigenvalue weighted by Crippen LogP contribution is -2.31. The number of sulfonamides is 1. The zero-order valence-electron chi connectivity index (χ0n) is 14.1. The fourth-order valence-corrected chi connectivity index (χ4v) is 3.17. The number of hydrogen-bond acceptors (Lipinski definition) is 4. The van der Waals surface area contributed by atoms with E-state index in [1.165, 1.54) is 0 Å². The predicted molar refractivity (Wildman–Crippen MR) is 98.2 cm³/mol. The van der Waals surface area contributed by atoms with Crippen LogP contribution in [0, 0.1) is 0 Å². The average Bonchev–Trinajstić information content (AvgIpc) is 2.60. The highest BCUT2D eigenvalue weighted by molar-refractivity contribution is 7.92. The van der Waals surface area contributed by atoms with Gasteiger partial charge in [-0.15, -0.1) is 0 Å². The first-order chi connectivity index (χ1) is 12.0. The van der Waals surface area contributed by atoms with Gasteiger partial charge < -0.3 is 10.1 Å². The van der Waals surface area contributed by atoms with E-state index in [1.54, 1.807) is 37.4 Å². The number of anilines is 1. The largest absolute Gasteiger partial charge is 0.497 e. The maximum absolute atomic E-state index is 11.9. The first kappa shape index (κ1) is 18.8. The average molecular weight is 362 g/mol. The van der Waals surface area contributed by atoms with Crippen LogP contribution in [0.5, 0.6) is 5.75 Å². The molecule has 0 radical (unpaired) electrons. The predicted octanol–water partition coefficient (Wildman–Crippen LogP) is 2.19. The minimum absolute atomic E-state index is 0.0730. The summed E-state index contributed by atoms with van der Waals surface area (Å²) in [5, 5.41) is 2.63. The number of ether oxygens (including phenoxy) is 1. The molecule has 0 atom stereocenters. The van der Waals surface area contributed by atoms with E-state index in [1.807, 2.05) is 24.3 Å². The highest BCUT2D eigenvalue weighted by Gasteiger charge is 2.11. The topological polar surface area (TPSA) is 84.5 Å². The molecule has 2 aromatic carbocycles. The van der Waals surface area contributed by atoms with Crippen LogP contribution in [0.4, 0.5) is 5.69 Å². The van der Waals surface area contributed by atoms with E-state index in [0.717, 1.165) is 11.3 Å². The van der Waals surface area contributed by atoms with Gasteiger partial charge in [0.2, 0.25) is 15.9 Å². The highest BCUT2D eigenvalue weighted by Crippen LogP contribution is 2.12. The number of rotatable bonds is 9. The molecule has 1 amide bonds. The lowest BCUT2D eigenvalue weighted by molar-refractivity contribution is -0.120. The zero-order valence-corrected chi connectivity index (χ0v) is 14.9. The van der Waals surface area contributed by atoms with Crippen LogP contribution in [-0.4, -0.2) is 33.7 Å². The summed E-state index contributed by atoms with van der Waals surface area (Å²) in [6.07, 6.45) is 0.892. The number of nitrogens with one attached hydrogen (secondary N) is 2. The number of para-hydroxylation sites is 1. The molecule has 0 aliphatic carbocycles. The van der Waals surface area contributed by atoms with Crippen LogP contribution < -0.4 is 14.8 Å². The molecule has 6 nitrogen and oxygen atoms in total. The molecule has 0 aromatic heterocycles. The van der Waals surface area contributed by atoms with Gasteiger partial charge >= 0.3 is 0 Å². The molecule has 2 aromatic rings. The van der Waals surface area contributed by atoms with Crippen molar-refractivity contribution in [3.63, 3.8) is 0 Å². The van der Waals surface area contributed by atoms with Crippen molar-refractivity contribution < 1.29 is 17.9 Å². The molecule has 134 valence electrons. The van der Waals surface area contributed by atoms with E-state index in [2.05, 4.69) is 10.0 Å². The van der Waals surface area contributed by atoms with Crippen molar-refractivity contribution in [3.8, 4) is 5.75 Å². The number of amides is 1. The smallest absolute Gasteiger partial charge is 0.234 e. The molecule has 0 unspecified atom stereocenters. The molecular formula is C18H22N2O4S. The monoisotopic (exact) mass is 362 g/mol. The van der Waals surface area contributed by atoms with Crippen LogP contribution in [-0.2, 0) is 21.2 Å². The normalized spacial score (nSPS) is 10.9. The van der Waals surface area contributed by atoms with Crippen LogP contribution in [0.2, 0.25) is 0 Å². The zero-order chi connectivity index (χ0) is 18.1. The van der Waals surface area contributed by atoms with Gasteiger partial charge in [0.15, 0.2) is 0 Å².